The molecular formula is C8H8O3. The van der Waals surface area contributed by atoms with Crippen LogP contribution in [0.3, 0.4) is 0 Å². The van der Waals surface area contributed by atoms with Crippen LogP contribution < -0.4 is 0 Å². The highest BCUT2D eigenvalue weighted by Gasteiger charge is 2.43. The molecule has 1 fully saturated rings. The van der Waals surface area contributed by atoms with Crippen LogP contribution in [-0.2, 0) is 14.3 Å². The number of hydrogen-bond acceptors (Lipinski definition) is 3. The lowest BCUT2D eigenvalue weighted by atomic mass is 9.86. The number of esters is 2. The molecule has 1 aliphatic heterocycles. The summed E-state index contributed by atoms with van der Waals surface area (Å²) in [4.78, 5) is 21.9. The van der Waals surface area contributed by atoms with Crippen molar-refractivity contribution in [3.05, 3.63) is 12.2 Å². The van der Waals surface area contributed by atoms with E-state index in [2.05, 4.69) is 4.74 Å². The van der Waals surface area contributed by atoms with Crippen molar-refractivity contribution in [2.45, 2.75) is 12.8 Å². The van der Waals surface area contributed by atoms with E-state index < -0.39 is 0 Å². The third kappa shape index (κ3) is 0.878. The van der Waals surface area contributed by atoms with E-state index in [-0.39, 0.29) is 23.8 Å². The summed E-state index contributed by atoms with van der Waals surface area (Å²) in [5.74, 6) is -1.19. The molecule has 1 heterocycles. The number of allylic oxidation sites excluding steroid dienone is 1. The molecule has 1 aliphatic carbocycles. The first-order chi connectivity index (χ1) is 5.29. The molecule has 3 nitrogen and oxygen atoms in total. The Kier molecular flexibility index (Phi) is 1.31. The number of cyclic esters (lactones) is 2. The van der Waals surface area contributed by atoms with Gasteiger partial charge in [-0.25, -0.2) is 0 Å². The average Bonchev–Trinajstić information content (AvgIpc) is 2.30. The summed E-state index contributed by atoms with van der Waals surface area (Å²) in [6, 6.07) is 0. The number of rotatable bonds is 0. The Bertz CT molecular complexity index is 242. The fourth-order valence-corrected chi connectivity index (χ4v) is 1.58. The monoisotopic (exact) mass is 152 g/mol. The predicted molar refractivity (Wildman–Crippen MR) is 36.5 cm³/mol. The molecule has 0 radical (unpaired) electrons. The Morgan fingerprint density at radius 1 is 1.36 bits per heavy atom. The van der Waals surface area contributed by atoms with Gasteiger partial charge in [-0.05, 0) is 12.8 Å². The third-order valence-corrected chi connectivity index (χ3v) is 2.20. The molecule has 0 bridgehead atoms. The molecule has 0 aromatic carbocycles. The molecule has 1 saturated heterocycles. The van der Waals surface area contributed by atoms with Gasteiger partial charge in [0.15, 0.2) is 0 Å². The van der Waals surface area contributed by atoms with Crippen LogP contribution >= 0.6 is 0 Å². The van der Waals surface area contributed by atoms with Crippen molar-refractivity contribution in [3.8, 4) is 0 Å². The minimum atomic E-state index is -0.379. The Morgan fingerprint density at radius 2 is 2.18 bits per heavy atom. The molecule has 2 atom stereocenters. The van der Waals surface area contributed by atoms with Crippen LogP contribution in [0.4, 0.5) is 0 Å². The molecule has 0 amide bonds. The number of carbonyl (C=O) groups is 2. The summed E-state index contributed by atoms with van der Waals surface area (Å²) in [6.45, 7) is 0. The van der Waals surface area contributed by atoms with E-state index >= 15 is 0 Å². The highest BCUT2D eigenvalue weighted by molar-refractivity contribution is 5.97. The fourth-order valence-electron chi connectivity index (χ4n) is 1.58. The second kappa shape index (κ2) is 2.19. The molecule has 0 N–H and O–H groups in total. The van der Waals surface area contributed by atoms with E-state index in [1.165, 1.54) is 0 Å². The van der Waals surface area contributed by atoms with Gasteiger partial charge in [0.1, 0.15) is 0 Å². The lowest BCUT2D eigenvalue weighted by molar-refractivity contribution is -0.153. The van der Waals surface area contributed by atoms with E-state index in [9.17, 15) is 9.59 Å². The van der Waals surface area contributed by atoms with Gasteiger partial charge in [-0.3, -0.25) is 9.59 Å². The Labute approximate surface area is 64.0 Å². The van der Waals surface area contributed by atoms with Crippen LogP contribution in [0.25, 0.3) is 0 Å². The first kappa shape index (κ1) is 6.58. The minimum absolute atomic E-state index is 0.188. The van der Waals surface area contributed by atoms with E-state index in [0.29, 0.717) is 0 Å². The van der Waals surface area contributed by atoms with Crippen molar-refractivity contribution >= 4 is 11.9 Å². The zero-order valence-electron chi connectivity index (χ0n) is 5.95. The number of ether oxygens (including phenoxy) is 1. The van der Waals surface area contributed by atoms with Crippen LogP contribution in [0.2, 0.25) is 0 Å². The van der Waals surface area contributed by atoms with Crippen LogP contribution in [0, 0.1) is 11.8 Å². The minimum Gasteiger partial charge on any atom is -0.392 e. The SMILES string of the molecule is O=C1OC(=O)[C@H]2CCC=C[C@H]12. The predicted octanol–water partition coefficient (Wildman–Crippen LogP) is 0.652. The van der Waals surface area contributed by atoms with Crippen molar-refractivity contribution in [1.82, 2.24) is 0 Å². The molecule has 2 rings (SSSR count). The Morgan fingerprint density at radius 3 is 2.91 bits per heavy atom. The first-order valence-electron chi connectivity index (χ1n) is 3.71. The molecule has 2 aliphatic rings. The van der Waals surface area contributed by atoms with Crippen LogP contribution in [0.5, 0.6) is 0 Å². The molecule has 0 aromatic heterocycles. The molecule has 0 saturated carbocycles. The lowest BCUT2D eigenvalue weighted by Gasteiger charge is -2.12. The van der Waals surface area contributed by atoms with Gasteiger partial charge in [-0.2, -0.15) is 0 Å². The smallest absolute Gasteiger partial charge is 0.321 e. The van der Waals surface area contributed by atoms with Crippen molar-refractivity contribution in [3.63, 3.8) is 0 Å². The molecular weight excluding hydrogens is 144 g/mol. The fraction of sp³-hybridized carbons (Fsp3) is 0.500. The van der Waals surface area contributed by atoms with Crippen molar-refractivity contribution in [1.29, 1.82) is 0 Å². The van der Waals surface area contributed by atoms with E-state index in [4.69, 9.17) is 0 Å². The van der Waals surface area contributed by atoms with Gasteiger partial charge in [0.2, 0.25) is 0 Å². The van der Waals surface area contributed by atoms with Gasteiger partial charge in [-0.1, -0.05) is 12.2 Å². The van der Waals surface area contributed by atoms with Gasteiger partial charge in [-0.15, -0.1) is 0 Å². The van der Waals surface area contributed by atoms with Gasteiger partial charge in [0.25, 0.3) is 0 Å². The van der Waals surface area contributed by atoms with Crippen molar-refractivity contribution in [2.75, 3.05) is 0 Å². The maximum atomic E-state index is 10.9. The van der Waals surface area contributed by atoms with Crippen molar-refractivity contribution < 1.29 is 14.3 Å². The number of fused-ring (bicyclic) bond motifs is 1. The van der Waals surface area contributed by atoms with E-state index in [0.717, 1.165) is 12.8 Å². The van der Waals surface area contributed by atoms with Gasteiger partial charge < -0.3 is 4.74 Å². The number of carbonyl (C=O) groups excluding carboxylic acids is 2. The highest BCUT2D eigenvalue weighted by Crippen LogP contribution is 2.32. The second-order valence-corrected chi connectivity index (χ2v) is 2.88. The van der Waals surface area contributed by atoms with E-state index in [1.807, 2.05) is 6.08 Å². The Hall–Kier alpha value is -1.12. The summed E-state index contributed by atoms with van der Waals surface area (Å²) < 4.78 is 4.48. The summed E-state index contributed by atoms with van der Waals surface area (Å²) in [6.07, 6.45) is 5.34. The number of hydrogen-bond donors (Lipinski definition) is 0. The van der Waals surface area contributed by atoms with Gasteiger partial charge in [0.05, 0.1) is 11.8 Å². The zero-order chi connectivity index (χ0) is 7.84. The maximum Gasteiger partial charge on any atom is 0.321 e. The van der Waals surface area contributed by atoms with E-state index in [1.54, 1.807) is 6.08 Å². The van der Waals surface area contributed by atoms with Crippen LogP contribution in [0.1, 0.15) is 12.8 Å². The molecule has 11 heavy (non-hydrogen) atoms. The molecule has 3 heteroatoms. The summed E-state index contributed by atoms with van der Waals surface area (Å²) in [5.41, 5.74) is 0. The van der Waals surface area contributed by atoms with Crippen molar-refractivity contribution in [2.24, 2.45) is 11.8 Å². The second-order valence-electron chi connectivity index (χ2n) is 2.88. The largest absolute Gasteiger partial charge is 0.392 e. The highest BCUT2D eigenvalue weighted by atomic mass is 16.6. The summed E-state index contributed by atoms with van der Waals surface area (Å²) in [7, 11) is 0. The van der Waals surface area contributed by atoms with Gasteiger partial charge >= 0.3 is 11.9 Å². The molecule has 58 valence electrons. The Balaban J connectivity index is 2.30. The van der Waals surface area contributed by atoms with Crippen LogP contribution in [-0.4, -0.2) is 11.9 Å². The standard InChI is InChI=1S/C8H8O3/c9-7-5-3-1-2-4-6(5)8(10)11-7/h1,3,5-6H,2,4H2/t5-,6-/m0/s1. The summed E-state index contributed by atoms with van der Waals surface area (Å²) in [5, 5.41) is 0. The quantitative estimate of drug-likeness (QED) is 0.291. The maximum absolute atomic E-state index is 10.9. The molecule has 0 aromatic rings. The first-order valence-corrected chi connectivity index (χ1v) is 3.71. The lowest BCUT2D eigenvalue weighted by Crippen LogP contribution is -2.17. The third-order valence-electron chi connectivity index (χ3n) is 2.20. The molecule has 0 unspecified atom stereocenters. The topological polar surface area (TPSA) is 43.4 Å². The normalized spacial score (nSPS) is 35.3. The molecule has 0 spiro atoms. The van der Waals surface area contributed by atoms with Crippen LogP contribution in [0.15, 0.2) is 12.2 Å². The average molecular weight is 152 g/mol. The summed E-state index contributed by atoms with van der Waals surface area (Å²) >= 11 is 0. The zero-order valence-corrected chi connectivity index (χ0v) is 5.95. The van der Waals surface area contributed by atoms with Gasteiger partial charge in [0, 0.05) is 0 Å².